The SMILES string of the molecule is CC12CC3CC(NC(=O)CC4CCN(Cc5ccccc5)CC4)(CC(C1)c1ccccc13)C2. The molecule has 1 saturated heterocycles. The van der Waals surface area contributed by atoms with Crippen LogP contribution in [0.2, 0.25) is 0 Å². The molecule has 174 valence electrons. The van der Waals surface area contributed by atoms with Gasteiger partial charge >= 0.3 is 0 Å². The van der Waals surface area contributed by atoms with E-state index in [2.05, 4.69) is 71.7 Å². The Balaban J connectivity index is 1.08. The van der Waals surface area contributed by atoms with Crippen LogP contribution in [0.4, 0.5) is 0 Å². The average molecular weight is 443 g/mol. The molecule has 1 heterocycles. The van der Waals surface area contributed by atoms with Crippen molar-refractivity contribution in [3.05, 3.63) is 71.3 Å². The van der Waals surface area contributed by atoms with E-state index in [1.165, 1.54) is 24.8 Å². The first-order valence-electron chi connectivity index (χ1n) is 13.2. The fourth-order valence-electron chi connectivity index (χ4n) is 8.19. The second-order valence-electron chi connectivity index (χ2n) is 12.1. The van der Waals surface area contributed by atoms with Crippen molar-refractivity contribution in [1.82, 2.24) is 10.2 Å². The number of benzene rings is 2. The second kappa shape index (κ2) is 8.27. The number of piperidine rings is 1. The van der Waals surface area contributed by atoms with Crippen LogP contribution in [0.1, 0.15) is 86.8 Å². The van der Waals surface area contributed by atoms with Gasteiger partial charge in [-0.25, -0.2) is 0 Å². The van der Waals surface area contributed by atoms with Gasteiger partial charge in [0.15, 0.2) is 0 Å². The summed E-state index contributed by atoms with van der Waals surface area (Å²) in [4.78, 5) is 15.9. The third kappa shape index (κ3) is 4.25. The monoisotopic (exact) mass is 442 g/mol. The van der Waals surface area contributed by atoms with Crippen molar-refractivity contribution < 1.29 is 4.79 Å². The number of rotatable bonds is 5. The second-order valence-corrected chi connectivity index (χ2v) is 12.1. The predicted octanol–water partition coefficient (Wildman–Crippen LogP) is 6.01. The number of amides is 1. The number of nitrogens with zero attached hydrogens (tertiary/aromatic N) is 1. The first-order valence-corrected chi connectivity index (χ1v) is 13.2. The normalized spacial score (nSPS) is 33.5. The maximum Gasteiger partial charge on any atom is 0.220 e. The third-order valence-electron chi connectivity index (χ3n) is 9.23. The summed E-state index contributed by atoms with van der Waals surface area (Å²) < 4.78 is 0. The molecule has 3 heteroatoms. The van der Waals surface area contributed by atoms with Gasteiger partial charge in [0.25, 0.3) is 0 Å². The fraction of sp³-hybridized carbons (Fsp3) is 0.567. The predicted molar refractivity (Wildman–Crippen MR) is 133 cm³/mol. The molecule has 2 atom stereocenters. The van der Waals surface area contributed by atoms with E-state index in [4.69, 9.17) is 0 Å². The van der Waals surface area contributed by atoms with Gasteiger partial charge in [0.2, 0.25) is 5.91 Å². The molecule has 1 N–H and O–H groups in total. The van der Waals surface area contributed by atoms with Crippen LogP contribution in [-0.2, 0) is 11.3 Å². The van der Waals surface area contributed by atoms with Crippen LogP contribution in [0.15, 0.2) is 54.6 Å². The summed E-state index contributed by atoms with van der Waals surface area (Å²) in [6.45, 7) is 5.73. The van der Waals surface area contributed by atoms with Crippen molar-refractivity contribution in [3.8, 4) is 0 Å². The van der Waals surface area contributed by atoms with E-state index < -0.39 is 0 Å². The summed E-state index contributed by atoms with van der Waals surface area (Å²) in [6, 6.07) is 19.9. The number of nitrogens with one attached hydrogen (secondary N) is 1. The molecule has 0 spiro atoms. The van der Waals surface area contributed by atoms with Gasteiger partial charge in [-0.05, 0) is 97.9 Å². The van der Waals surface area contributed by atoms with E-state index in [0.29, 0.717) is 35.5 Å². The molecule has 4 aliphatic carbocycles. The molecule has 5 aliphatic rings. The summed E-state index contributed by atoms with van der Waals surface area (Å²) in [6.07, 6.45) is 9.01. The zero-order chi connectivity index (χ0) is 22.5. The number of likely N-dealkylation sites (tertiary alicyclic amines) is 1. The van der Waals surface area contributed by atoms with Crippen molar-refractivity contribution in [1.29, 1.82) is 0 Å². The summed E-state index contributed by atoms with van der Waals surface area (Å²) in [5.41, 5.74) is 4.91. The molecule has 0 radical (unpaired) electrons. The van der Waals surface area contributed by atoms with Crippen LogP contribution in [0.25, 0.3) is 0 Å². The minimum absolute atomic E-state index is 0.00466. The molecule has 1 aliphatic heterocycles. The van der Waals surface area contributed by atoms with Gasteiger partial charge in [-0.3, -0.25) is 9.69 Å². The minimum Gasteiger partial charge on any atom is -0.351 e. The Morgan fingerprint density at radius 2 is 1.52 bits per heavy atom. The minimum atomic E-state index is 0.00466. The lowest BCUT2D eigenvalue weighted by Gasteiger charge is -2.54. The van der Waals surface area contributed by atoms with E-state index in [0.717, 1.165) is 45.3 Å². The molecule has 2 aromatic rings. The third-order valence-corrected chi connectivity index (χ3v) is 9.23. The standard InChI is InChI=1S/C30H38N2O/c1-29-16-24-18-30(21-29,19-25(17-29)27-10-6-5-9-26(24)27)31-28(33)15-22-11-13-32(14-12-22)20-23-7-3-2-4-8-23/h2-10,22,24-25H,11-21H2,1H3,(H,31,33). The van der Waals surface area contributed by atoms with E-state index in [9.17, 15) is 4.79 Å². The highest BCUT2D eigenvalue weighted by Crippen LogP contribution is 2.62. The molecule has 0 aromatic heterocycles. The van der Waals surface area contributed by atoms with Crippen LogP contribution in [-0.4, -0.2) is 29.4 Å². The largest absolute Gasteiger partial charge is 0.351 e. The Labute approximate surface area is 199 Å². The molecule has 3 fully saturated rings. The lowest BCUT2D eigenvalue weighted by molar-refractivity contribution is -0.126. The molecule has 2 unspecified atom stereocenters. The molecular weight excluding hydrogens is 404 g/mol. The van der Waals surface area contributed by atoms with Crippen LogP contribution in [0, 0.1) is 11.3 Å². The van der Waals surface area contributed by atoms with Crippen LogP contribution in [0.3, 0.4) is 0 Å². The van der Waals surface area contributed by atoms with Gasteiger partial charge in [0, 0.05) is 18.5 Å². The number of hydrogen-bond donors (Lipinski definition) is 1. The Morgan fingerprint density at radius 3 is 2.15 bits per heavy atom. The number of hydrogen-bond acceptors (Lipinski definition) is 2. The molecule has 1 amide bonds. The van der Waals surface area contributed by atoms with Gasteiger partial charge in [0.1, 0.15) is 0 Å². The topological polar surface area (TPSA) is 32.3 Å². The van der Waals surface area contributed by atoms with E-state index >= 15 is 0 Å². The van der Waals surface area contributed by atoms with Crippen molar-refractivity contribution in [2.75, 3.05) is 13.1 Å². The molecule has 2 aromatic carbocycles. The van der Waals surface area contributed by atoms with Crippen molar-refractivity contribution in [2.24, 2.45) is 11.3 Å². The van der Waals surface area contributed by atoms with Gasteiger partial charge in [-0.15, -0.1) is 0 Å². The quantitative estimate of drug-likeness (QED) is 0.615. The van der Waals surface area contributed by atoms with E-state index in [1.54, 1.807) is 11.1 Å². The number of carbonyl (C=O) groups excluding carboxylic acids is 1. The highest BCUT2D eigenvalue weighted by molar-refractivity contribution is 5.77. The summed E-state index contributed by atoms with van der Waals surface area (Å²) in [5, 5.41) is 3.67. The Morgan fingerprint density at radius 1 is 0.909 bits per heavy atom. The highest BCUT2D eigenvalue weighted by atomic mass is 16.1. The van der Waals surface area contributed by atoms with Crippen molar-refractivity contribution in [3.63, 3.8) is 0 Å². The van der Waals surface area contributed by atoms with Gasteiger partial charge in [-0.2, -0.15) is 0 Å². The lowest BCUT2D eigenvalue weighted by atomic mass is 9.55. The molecular formula is C30H38N2O. The highest BCUT2D eigenvalue weighted by Gasteiger charge is 2.55. The Kier molecular flexibility index (Phi) is 5.36. The molecule has 2 saturated carbocycles. The molecule has 33 heavy (non-hydrogen) atoms. The Hall–Kier alpha value is -2.13. The zero-order valence-corrected chi connectivity index (χ0v) is 20.1. The van der Waals surface area contributed by atoms with Crippen molar-refractivity contribution >= 4 is 5.91 Å². The van der Waals surface area contributed by atoms with Crippen LogP contribution < -0.4 is 5.32 Å². The van der Waals surface area contributed by atoms with Crippen molar-refractivity contribution in [2.45, 2.75) is 82.2 Å². The summed E-state index contributed by atoms with van der Waals surface area (Å²) in [7, 11) is 0. The summed E-state index contributed by atoms with van der Waals surface area (Å²) >= 11 is 0. The maximum absolute atomic E-state index is 13.3. The van der Waals surface area contributed by atoms with E-state index in [1.807, 2.05) is 0 Å². The molecule has 4 bridgehead atoms. The van der Waals surface area contributed by atoms with Gasteiger partial charge in [0.05, 0.1) is 0 Å². The Bertz CT molecular complexity index is 972. The number of carbonyl (C=O) groups is 1. The summed E-state index contributed by atoms with van der Waals surface area (Å²) in [5.74, 6) is 2.05. The average Bonchev–Trinajstić information content (AvgIpc) is 2.93. The first kappa shape index (κ1) is 21.4. The lowest BCUT2D eigenvalue weighted by Crippen LogP contribution is -2.57. The zero-order valence-electron chi connectivity index (χ0n) is 20.1. The van der Waals surface area contributed by atoms with E-state index in [-0.39, 0.29) is 5.54 Å². The smallest absolute Gasteiger partial charge is 0.220 e. The fourth-order valence-corrected chi connectivity index (χ4v) is 8.19. The van der Waals surface area contributed by atoms with Crippen LogP contribution >= 0.6 is 0 Å². The molecule has 7 rings (SSSR count). The maximum atomic E-state index is 13.3. The van der Waals surface area contributed by atoms with Gasteiger partial charge in [-0.1, -0.05) is 61.5 Å². The van der Waals surface area contributed by atoms with Crippen LogP contribution in [0.5, 0.6) is 0 Å². The molecule has 3 nitrogen and oxygen atoms in total. The van der Waals surface area contributed by atoms with Gasteiger partial charge < -0.3 is 5.32 Å². The first-order chi connectivity index (χ1) is 16.0.